The summed E-state index contributed by atoms with van der Waals surface area (Å²) in [5.41, 5.74) is 3.68. The van der Waals surface area contributed by atoms with Crippen LogP contribution in [0, 0.1) is 0 Å². The van der Waals surface area contributed by atoms with Crippen LogP contribution in [0.3, 0.4) is 0 Å². The van der Waals surface area contributed by atoms with E-state index in [0.717, 1.165) is 0 Å². The number of hydrogen-bond donors (Lipinski definition) is 0. The third-order valence-electron chi connectivity index (χ3n) is 2.44. The van der Waals surface area contributed by atoms with E-state index in [9.17, 15) is 0 Å². The van der Waals surface area contributed by atoms with Crippen LogP contribution in [0.1, 0.15) is 5.56 Å². The molecule has 0 radical (unpaired) electrons. The Labute approximate surface area is 100 Å². The molecule has 0 aliphatic rings. The zero-order valence-corrected chi connectivity index (χ0v) is 11.5. The molecule has 0 aromatic heterocycles. The van der Waals surface area contributed by atoms with Crippen molar-refractivity contribution in [3.63, 3.8) is 0 Å². The normalized spacial score (nSPS) is 12.2. The fourth-order valence-electron chi connectivity index (χ4n) is 1.53. The van der Waals surface area contributed by atoms with Gasteiger partial charge in [0.05, 0.1) is 0 Å². The zero-order chi connectivity index (χ0) is 11.6. The maximum Gasteiger partial charge on any atom is 0.175 e. The quantitative estimate of drug-likeness (QED) is 0.409. The van der Waals surface area contributed by atoms with Crippen molar-refractivity contribution in [2.75, 3.05) is 14.2 Å². The van der Waals surface area contributed by atoms with Crippen molar-refractivity contribution >= 4 is 9.52 Å². The van der Waals surface area contributed by atoms with E-state index in [-0.39, 0.29) is 15.8 Å². The highest BCUT2D eigenvalue weighted by atomic mass is 28.2. The molecule has 0 heterocycles. The van der Waals surface area contributed by atoms with Gasteiger partial charge >= 0.3 is 0 Å². The van der Waals surface area contributed by atoms with Gasteiger partial charge in [-0.3, -0.25) is 0 Å². The van der Waals surface area contributed by atoms with Crippen LogP contribution in [0.5, 0.6) is 0 Å². The Hall–Kier alpha value is -0.903. The van der Waals surface area contributed by atoms with Gasteiger partial charge in [-0.1, -0.05) is 36.4 Å². The second-order valence-electron chi connectivity index (χ2n) is 3.65. The molecule has 1 aromatic rings. The van der Waals surface area contributed by atoms with E-state index in [4.69, 9.17) is 9.47 Å². The van der Waals surface area contributed by atoms with Crippen LogP contribution < -0.4 is 0 Å². The average molecular weight is 236 g/mol. The minimum atomic E-state index is -0.177. The number of benzene rings is 1. The van der Waals surface area contributed by atoms with Gasteiger partial charge in [0.2, 0.25) is 0 Å². The maximum atomic E-state index is 5.08. The van der Waals surface area contributed by atoms with Crippen molar-refractivity contribution in [1.82, 2.24) is 0 Å². The second-order valence-corrected chi connectivity index (χ2v) is 5.40. The fourth-order valence-corrected chi connectivity index (χ4v) is 2.79. The monoisotopic (exact) mass is 236 g/mol. The molecule has 0 unspecified atom stereocenters. The van der Waals surface area contributed by atoms with E-state index in [2.05, 4.69) is 36.0 Å². The molecular weight excluding hydrogens is 216 g/mol. The molecule has 0 saturated carbocycles. The molecule has 0 atom stereocenters. The molecule has 0 spiro atoms. The van der Waals surface area contributed by atoms with Gasteiger partial charge in [-0.05, 0) is 18.1 Å². The first-order valence-electron chi connectivity index (χ1n) is 5.63. The first kappa shape index (κ1) is 13.2. The Morgan fingerprint density at radius 3 is 2.50 bits per heavy atom. The summed E-state index contributed by atoms with van der Waals surface area (Å²) in [5, 5.41) is 0. The first-order valence-corrected chi connectivity index (χ1v) is 7.44. The number of rotatable bonds is 7. The molecule has 3 heteroatoms. The van der Waals surface area contributed by atoms with Crippen molar-refractivity contribution < 1.29 is 9.47 Å². The summed E-state index contributed by atoms with van der Waals surface area (Å²) in [5.74, 6) is 0. The highest BCUT2D eigenvalue weighted by Crippen LogP contribution is 2.02. The van der Waals surface area contributed by atoms with E-state index >= 15 is 0 Å². The van der Waals surface area contributed by atoms with Crippen molar-refractivity contribution in [3.05, 3.63) is 47.7 Å². The van der Waals surface area contributed by atoms with Gasteiger partial charge in [-0.25, -0.2) is 0 Å². The van der Waals surface area contributed by atoms with E-state index in [0.29, 0.717) is 0 Å². The van der Waals surface area contributed by atoms with Gasteiger partial charge < -0.3 is 9.47 Å². The number of ether oxygens (including phenoxy) is 2. The van der Waals surface area contributed by atoms with Gasteiger partial charge in [0, 0.05) is 23.7 Å². The lowest BCUT2D eigenvalue weighted by Gasteiger charge is -2.06. The summed E-state index contributed by atoms with van der Waals surface area (Å²) in [6, 6.07) is 11.9. The largest absolute Gasteiger partial charge is 0.352 e. The molecule has 88 valence electrons. The van der Waals surface area contributed by atoms with E-state index in [1.165, 1.54) is 18.0 Å². The van der Waals surface area contributed by atoms with Crippen LogP contribution in [0.4, 0.5) is 0 Å². The van der Waals surface area contributed by atoms with Crippen LogP contribution >= 0.6 is 0 Å². The Balaban J connectivity index is 2.17. The molecule has 0 fully saturated rings. The Kier molecular flexibility index (Phi) is 6.81. The molecule has 0 aliphatic heterocycles. The fraction of sp³-hybridized carbons (Fsp3) is 0.385. The summed E-state index contributed by atoms with van der Waals surface area (Å²) >= 11 is 0. The van der Waals surface area contributed by atoms with Crippen molar-refractivity contribution in [1.29, 1.82) is 0 Å². The van der Waals surface area contributed by atoms with E-state index in [1.807, 2.05) is 6.08 Å². The third-order valence-corrected chi connectivity index (χ3v) is 3.80. The second kappa shape index (κ2) is 8.27. The third kappa shape index (κ3) is 5.26. The van der Waals surface area contributed by atoms with Gasteiger partial charge in [0.15, 0.2) is 6.29 Å². The molecule has 0 saturated heterocycles. The minimum absolute atomic E-state index is 0.135. The molecule has 1 aromatic carbocycles. The Morgan fingerprint density at radius 2 is 1.88 bits per heavy atom. The summed E-state index contributed by atoms with van der Waals surface area (Å²) in [4.78, 5) is 0. The summed E-state index contributed by atoms with van der Waals surface area (Å²) in [7, 11) is 3.18. The van der Waals surface area contributed by atoms with Crippen molar-refractivity contribution in [3.8, 4) is 0 Å². The molecular formula is C13H20O2Si. The van der Waals surface area contributed by atoms with Crippen LogP contribution in [-0.4, -0.2) is 30.0 Å². The minimum Gasteiger partial charge on any atom is -0.352 e. The summed E-state index contributed by atoms with van der Waals surface area (Å²) < 4.78 is 10.2. The van der Waals surface area contributed by atoms with E-state index in [1.54, 1.807) is 14.2 Å². The lowest BCUT2D eigenvalue weighted by Crippen LogP contribution is -2.09. The SMILES string of the molecule is COC(C=C[SiH2]CCc1ccccc1)OC. The lowest BCUT2D eigenvalue weighted by atomic mass is 10.2. The Morgan fingerprint density at radius 1 is 1.19 bits per heavy atom. The number of methoxy groups -OCH3 is 2. The van der Waals surface area contributed by atoms with Crippen LogP contribution in [-0.2, 0) is 15.9 Å². The van der Waals surface area contributed by atoms with Crippen molar-refractivity contribution in [2.24, 2.45) is 0 Å². The number of hydrogen-bond acceptors (Lipinski definition) is 2. The van der Waals surface area contributed by atoms with Gasteiger partial charge in [0.1, 0.15) is 0 Å². The molecule has 2 nitrogen and oxygen atoms in total. The summed E-state index contributed by atoms with van der Waals surface area (Å²) in [6.07, 6.45) is 3.02. The first-order chi connectivity index (χ1) is 7.86. The van der Waals surface area contributed by atoms with Crippen LogP contribution in [0.2, 0.25) is 6.04 Å². The molecule has 0 N–H and O–H groups in total. The number of aryl methyl sites for hydroxylation is 1. The van der Waals surface area contributed by atoms with Crippen LogP contribution in [0.25, 0.3) is 0 Å². The average Bonchev–Trinajstić information content (AvgIpc) is 2.35. The molecule has 0 amide bonds. The molecule has 0 bridgehead atoms. The Bertz CT molecular complexity index is 294. The smallest absolute Gasteiger partial charge is 0.175 e. The van der Waals surface area contributed by atoms with Gasteiger partial charge in [-0.2, -0.15) is 0 Å². The lowest BCUT2D eigenvalue weighted by molar-refractivity contribution is -0.0665. The molecule has 16 heavy (non-hydrogen) atoms. The topological polar surface area (TPSA) is 18.5 Å². The zero-order valence-electron chi connectivity index (χ0n) is 10.1. The van der Waals surface area contributed by atoms with Gasteiger partial charge in [-0.15, -0.1) is 5.70 Å². The van der Waals surface area contributed by atoms with Crippen LogP contribution in [0.15, 0.2) is 42.1 Å². The molecule has 0 aliphatic carbocycles. The predicted octanol–water partition coefficient (Wildman–Crippen LogP) is 1.95. The molecule has 1 rings (SSSR count). The van der Waals surface area contributed by atoms with E-state index < -0.39 is 0 Å². The summed E-state index contributed by atoms with van der Waals surface area (Å²) in [6.45, 7) is 0. The van der Waals surface area contributed by atoms with Gasteiger partial charge in [0.25, 0.3) is 0 Å². The van der Waals surface area contributed by atoms with Crippen molar-refractivity contribution in [2.45, 2.75) is 18.8 Å². The maximum absolute atomic E-state index is 5.08. The standard InChI is InChI=1S/C13H20O2Si/c1-14-13(15-2)9-11-16-10-8-12-6-4-3-5-7-12/h3-7,9,11,13H,8,10,16H2,1-2H3. The highest BCUT2D eigenvalue weighted by molar-refractivity contribution is 6.42. The predicted molar refractivity (Wildman–Crippen MR) is 70.4 cm³/mol. The highest BCUT2D eigenvalue weighted by Gasteiger charge is 1.96.